The van der Waals surface area contributed by atoms with Crippen molar-refractivity contribution in [1.82, 2.24) is 4.31 Å². The van der Waals surface area contributed by atoms with Crippen LogP contribution in [0.25, 0.3) is 0 Å². The van der Waals surface area contributed by atoms with Gasteiger partial charge in [0.1, 0.15) is 17.6 Å². The topological polar surface area (TPSA) is 75.7 Å². The van der Waals surface area contributed by atoms with Crippen molar-refractivity contribution in [1.29, 1.82) is 0 Å². The molecule has 27 heavy (non-hydrogen) atoms. The summed E-state index contributed by atoms with van der Waals surface area (Å²) in [6.07, 6.45) is 1.03. The second-order valence-corrected chi connectivity index (χ2v) is 8.29. The maximum atomic E-state index is 13.2. The zero-order chi connectivity index (χ0) is 19.6. The molecule has 0 saturated carbocycles. The first-order valence-corrected chi connectivity index (χ1v) is 10.00. The molecule has 0 unspecified atom stereocenters. The van der Waals surface area contributed by atoms with Gasteiger partial charge in [0.15, 0.2) is 0 Å². The third kappa shape index (κ3) is 3.96. The van der Waals surface area contributed by atoms with E-state index in [0.29, 0.717) is 29.8 Å². The van der Waals surface area contributed by atoms with Crippen molar-refractivity contribution < 1.29 is 22.3 Å². The summed E-state index contributed by atoms with van der Waals surface area (Å²) in [4.78, 5) is 12.8. The van der Waals surface area contributed by atoms with Crippen molar-refractivity contribution in [3.05, 3.63) is 53.8 Å². The number of hydrogen-bond donors (Lipinski definition) is 1. The first-order valence-electron chi connectivity index (χ1n) is 8.56. The van der Waals surface area contributed by atoms with Gasteiger partial charge in [-0.2, -0.15) is 4.31 Å². The highest BCUT2D eigenvalue weighted by Gasteiger charge is 2.39. The summed E-state index contributed by atoms with van der Waals surface area (Å²) in [6.45, 7) is 1.95. The van der Waals surface area contributed by atoms with Crippen molar-refractivity contribution in [2.24, 2.45) is 0 Å². The number of methoxy groups -OCH3 is 1. The van der Waals surface area contributed by atoms with Crippen LogP contribution in [0, 0.1) is 12.7 Å². The number of sulfonamides is 1. The fourth-order valence-electron chi connectivity index (χ4n) is 3.16. The zero-order valence-electron chi connectivity index (χ0n) is 15.1. The number of aryl methyl sites for hydroxylation is 1. The zero-order valence-corrected chi connectivity index (χ0v) is 15.9. The number of anilines is 1. The first kappa shape index (κ1) is 19.3. The van der Waals surface area contributed by atoms with Crippen LogP contribution in [0.4, 0.5) is 10.1 Å². The molecule has 8 heteroatoms. The Labute approximate surface area is 158 Å². The molecular formula is C19H21FN2O4S. The molecule has 1 aliphatic heterocycles. The van der Waals surface area contributed by atoms with E-state index in [1.54, 1.807) is 19.1 Å². The molecule has 0 bridgehead atoms. The standard InChI is InChI=1S/C19H21FN2O4S/c1-13-12-14(20)5-10-17(13)21-19(23)18-4-3-11-22(18)27(24,25)16-8-6-15(26-2)7-9-16/h5-10,12,18H,3-4,11H2,1-2H3,(H,21,23)/t18-/m0/s1. The molecule has 1 saturated heterocycles. The number of ether oxygens (including phenoxy) is 1. The van der Waals surface area contributed by atoms with Crippen LogP contribution in [0.2, 0.25) is 0 Å². The minimum absolute atomic E-state index is 0.112. The molecule has 0 radical (unpaired) electrons. The Kier molecular flexibility index (Phi) is 5.48. The second-order valence-electron chi connectivity index (χ2n) is 6.40. The number of nitrogens with zero attached hydrogens (tertiary/aromatic N) is 1. The van der Waals surface area contributed by atoms with E-state index in [1.807, 2.05) is 0 Å². The molecule has 144 valence electrons. The van der Waals surface area contributed by atoms with Gasteiger partial charge in [-0.3, -0.25) is 4.79 Å². The number of halogens is 1. The number of carbonyl (C=O) groups excluding carboxylic acids is 1. The van der Waals surface area contributed by atoms with Gasteiger partial charge in [-0.05, 0) is 67.8 Å². The van der Waals surface area contributed by atoms with Gasteiger partial charge in [-0.1, -0.05) is 0 Å². The van der Waals surface area contributed by atoms with Gasteiger partial charge >= 0.3 is 0 Å². The van der Waals surface area contributed by atoms with E-state index in [4.69, 9.17) is 4.74 Å². The molecule has 6 nitrogen and oxygen atoms in total. The molecule has 2 aromatic carbocycles. The Hall–Kier alpha value is -2.45. The molecule has 1 N–H and O–H groups in total. The van der Waals surface area contributed by atoms with Crippen LogP contribution >= 0.6 is 0 Å². The van der Waals surface area contributed by atoms with Gasteiger partial charge in [-0.15, -0.1) is 0 Å². The van der Waals surface area contributed by atoms with Gasteiger partial charge in [-0.25, -0.2) is 12.8 Å². The number of rotatable bonds is 5. The smallest absolute Gasteiger partial charge is 0.243 e. The number of carbonyl (C=O) groups is 1. The lowest BCUT2D eigenvalue weighted by atomic mass is 10.1. The Morgan fingerprint density at radius 1 is 1.22 bits per heavy atom. The Bertz CT molecular complexity index is 945. The van der Waals surface area contributed by atoms with Gasteiger partial charge < -0.3 is 10.1 Å². The van der Waals surface area contributed by atoms with E-state index >= 15 is 0 Å². The maximum Gasteiger partial charge on any atom is 0.243 e. The normalized spacial score (nSPS) is 17.7. The largest absolute Gasteiger partial charge is 0.497 e. The van der Waals surface area contributed by atoms with Crippen molar-refractivity contribution in [2.75, 3.05) is 19.0 Å². The average molecular weight is 392 g/mol. The summed E-state index contributed by atoms with van der Waals surface area (Å²) < 4.78 is 45.5. The summed E-state index contributed by atoms with van der Waals surface area (Å²) in [6, 6.07) is 9.30. The van der Waals surface area contributed by atoms with E-state index < -0.39 is 27.8 Å². The van der Waals surface area contributed by atoms with E-state index in [0.717, 1.165) is 0 Å². The second kappa shape index (κ2) is 7.66. The lowest BCUT2D eigenvalue weighted by Crippen LogP contribution is -2.43. The van der Waals surface area contributed by atoms with Crippen LogP contribution in [-0.2, 0) is 14.8 Å². The Balaban J connectivity index is 1.82. The number of amides is 1. The summed E-state index contributed by atoms with van der Waals surface area (Å²) >= 11 is 0. The molecule has 3 rings (SSSR count). The highest BCUT2D eigenvalue weighted by Crippen LogP contribution is 2.28. The molecule has 0 aromatic heterocycles. The molecule has 1 atom stereocenters. The Morgan fingerprint density at radius 2 is 1.93 bits per heavy atom. The quantitative estimate of drug-likeness (QED) is 0.849. The number of benzene rings is 2. The molecule has 1 fully saturated rings. The maximum absolute atomic E-state index is 13.2. The van der Waals surface area contributed by atoms with Crippen LogP contribution in [0.1, 0.15) is 18.4 Å². The fraction of sp³-hybridized carbons (Fsp3) is 0.316. The predicted octanol–water partition coefficient (Wildman–Crippen LogP) is 2.93. The number of hydrogen-bond acceptors (Lipinski definition) is 4. The van der Waals surface area contributed by atoms with E-state index in [9.17, 15) is 17.6 Å². The van der Waals surface area contributed by atoms with Crippen LogP contribution in [-0.4, -0.2) is 38.3 Å². The Morgan fingerprint density at radius 3 is 2.56 bits per heavy atom. The molecule has 1 aliphatic rings. The summed E-state index contributed by atoms with van der Waals surface area (Å²) in [7, 11) is -2.31. The summed E-state index contributed by atoms with van der Waals surface area (Å²) in [5.74, 6) is -0.258. The molecule has 0 aliphatic carbocycles. The van der Waals surface area contributed by atoms with Crippen LogP contribution in [0.15, 0.2) is 47.4 Å². The van der Waals surface area contributed by atoms with Crippen LogP contribution in [0.3, 0.4) is 0 Å². The lowest BCUT2D eigenvalue weighted by molar-refractivity contribution is -0.119. The monoisotopic (exact) mass is 392 g/mol. The van der Waals surface area contributed by atoms with E-state index in [-0.39, 0.29) is 11.4 Å². The third-order valence-electron chi connectivity index (χ3n) is 4.62. The summed E-state index contributed by atoms with van der Waals surface area (Å²) in [5, 5.41) is 2.72. The molecule has 0 spiro atoms. The van der Waals surface area contributed by atoms with Crippen molar-refractivity contribution >= 4 is 21.6 Å². The molecule has 1 heterocycles. The predicted molar refractivity (Wildman–Crippen MR) is 99.7 cm³/mol. The molecule has 1 amide bonds. The van der Waals surface area contributed by atoms with E-state index in [1.165, 1.54) is 41.7 Å². The van der Waals surface area contributed by atoms with Crippen molar-refractivity contribution in [2.45, 2.75) is 30.7 Å². The SMILES string of the molecule is COc1ccc(S(=O)(=O)N2CCC[C@H]2C(=O)Nc2ccc(F)cc2C)cc1. The fourth-order valence-corrected chi connectivity index (χ4v) is 4.81. The van der Waals surface area contributed by atoms with Crippen LogP contribution < -0.4 is 10.1 Å². The van der Waals surface area contributed by atoms with Gasteiger partial charge in [0.25, 0.3) is 0 Å². The average Bonchev–Trinajstić information content (AvgIpc) is 3.15. The minimum Gasteiger partial charge on any atom is -0.497 e. The van der Waals surface area contributed by atoms with Crippen molar-refractivity contribution in [3.63, 3.8) is 0 Å². The first-order chi connectivity index (χ1) is 12.8. The van der Waals surface area contributed by atoms with Gasteiger partial charge in [0.05, 0.1) is 12.0 Å². The minimum atomic E-state index is -3.81. The molecule has 2 aromatic rings. The van der Waals surface area contributed by atoms with Gasteiger partial charge in [0.2, 0.25) is 15.9 Å². The van der Waals surface area contributed by atoms with Gasteiger partial charge in [0, 0.05) is 12.2 Å². The lowest BCUT2D eigenvalue weighted by Gasteiger charge is -2.24. The number of nitrogens with one attached hydrogen (secondary N) is 1. The highest BCUT2D eigenvalue weighted by molar-refractivity contribution is 7.89. The van der Waals surface area contributed by atoms with Crippen molar-refractivity contribution in [3.8, 4) is 5.75 Å². The third-order valence-corrected chi connectivity index (χ3v) is 6.54. The molecular weight excluding hydrogens is 371 g/mol. The van der Waals surface area contributed by atoms with Crippen LogP contribution in [0.5, 0.6) is 5.75 Å². The van der Waals surface area contributed by atoms with E-state index in [2.05, 4.69) is 5.32 Å². The summed E-state index contributed by atoms with van der Waals surface area (Å²) in [5.41, 5.74) is 1.04. The highest BCUT2D eigenvalue weighted by atomic mass is 32.2.